The summed E-state index contributed by atoms with van der Waals surface area (Å²) in [4.78, 5) is 95.2. The van der Waals surface area contributed by atoms with Gasteiger partial charge in [0.05, 0.1) is 16.9 Å². The molecular weight excluding hydrogens is 748 g/mol. The van der Waals surface area contributed by atoms with Crippen molar-refractivity contribution < 1.29 is 28.8 Å². The van der Waals surface area contributed by atoms with Gasteiger partial charge in [-0.2, -0.15) is 0 Å². The number of thiazole rings is 1. The van der Waals surface area contributed by atoms with Gasteiger partial charge in [-0.15, -0.1) is 0 Å². The summed E-state index contributed by atoms with van der Waals surface area (Å²) in [6, 6.07) is 11.4. The van der Waals surface area contributed by atoms with Crippen LogP contribution in [0.2, 0.25) is 5.02 Å². The second kappa shape index (κ2) is 15.8. The molecule has 5 heterocycles. The SMILES string of the molecule is Cc1nc(Nc2ncc(C(=O)Nc3c(C)cccc3Cl)s2)cc(N2CCN(C(=O)CCC(=O)Nc3cccc4c3CN(C3CCC(=O)NC3=O)C4=O)CC2)n1. The smallest absolute Gasteiger partial charge is 0.267 e. The standard InChI is InChI=1S/C37H37ClN10O6S/c1-20-5-3-7-24(38)33(20)45-35(53)27-18-39-37(55-27)43-28-17-29(41-21(2)40-28)46-13-15-47(16-14-46)32(51)12-11-30(49)42-25-8-4-6-22-23(25)19-48(36(22)54)26-9-10-31(50)44-34(26)52/h3-8,17-18,26H,9-16,19H2,1-2H3,(H,42,49)(H,45,53)(H,44,50,52)(H,39,40,41,43). The van der Waals surface area contributed by atoms with E-state index in [0.29, 0.717) is 81.2 Å². The van der Waals surface area contributed by atoms with Crippen molar-refractivity contribution in [3.05, 3.63) is 81.1 Å². The highest BCUT2D eigenvalue weighted by molar-refractivity contribution is 7.17. The molecule has 1 atom stereocenters. The molecule has 284 valence electrons. The molecule has 0 bridgehead atoms. The fraction of sp³-hybridized carbons (Fsp3) is 0.324. The number of piperidine rings is 1. The molecule has 7 rings (SSSR count). The summed E-state index contributed by atoms with van der Waals surface area (Å²) in [5, 5.41) is 12.1. The number of nitrogens with zero attached hydrogens (tertiary/aromatic N) is 6. The van der Waals surface area contributed by atoms with Crippen LogP contribution < -0.4 is 26.2 Å². The number of halogens is 1. The topological polar surface area (TPSA) is 199 Å². The van der Waals surface area contributed by atoms with Crippen molar-refractivity contribution >= 4 is 86.5 Å². The molecule has 18 heteroatoms. The van der Waals surface area contributed by atoms with Crippen molar-refractivity contribution in [1.29, 1.82) is 0 Å². The molecule has 4 aromatic rings. The highest BCUT2D eigenvalue weighted by atomic mass is 35.5. The number of carbonyl (C=O) groups excluding carboxylic acids is 6. The maximum atomic E-state index is 13.1. The molecule has 16 nitrogen and oxygen atoms in total. The number of imide groups is 1. The van der Waals surface area contributed by atoms with Gasteiger partial charge < -0.3 is 30.7 Å². The fourth-order valence-corrected chi connectivity index (χ4v) is 7.76. The molecule has 0 radical (unpaired) electrons. The van der Waals surface area contributed by atoms with Crippen LogP contribution in [0.1, 0.15) is 62.7 Å². The van der Waals surface area contributed by atoms with E-state index in [1.165, 1.54) is 22.4 Å². The zero-order chi connectivity index (χ0) is 38.8. The van der Waals surface area contributed by atoms with E-state index in [1.54, 1.807) is 42.2 Å². The molecule has 4 N–H and O–H groups in total. The Bertz CT molecular complexity index is 2200. The average molecular weight is 785 g/mol. The van der Waals surface area contributed by atoms with E-state index >= 15 is 0 Å². The zero-order valence-corrected chi connectivity index (χ0v) is 31.6. The summed E-state index contributed by atoms with van der Waals surface area (Å²) in [6.07, 6.45) is 1.83. The number of benzene rings is 2. The number of carbonyl (C=O) groups is 6. The number of nitrogens with one attached hydrogen (secondary N) is 4. The fourth-order valence-electron chi connectivity index (χ4n) is 6.77. The van der Waals surface area contributed by atoms with E-state index in [0.717, 1.165) is 5.56 Å². The Kier molecular flexibility index (Phi) is 10.7. The van der Waals surface area contributed by atoms with Crippen molar-refractivity contribution in [2.45, 2.75) is 52.1 Å². The number of anilines is 5. The minimum atomic E-state index is -0.763. The molecule has 55 heavy (non-hydrogen) atoms. The van der Waals surface area contributed by atoms with Crippen LogP contribution in [-0.2, 0) is 25.7 Å². The summed E-state index contributed by atoms with van der Waals surface area (Å²) in [6.45, 7) is 5.68. The van der Waals surface area contributed by atoms with Crippen molar-refractivity contribution in [3.8, 4) is 0 Å². The molecule has 1 unspecified atom stereocenters. The Morgan fingerprint density at radius 2 is 1.76 bits per heavy atom. The molecule has 6 amide bonds. The van der Waals surface area contributed by atoms with Crippen LogP contribution in [-0.4, -0.2) is 92.4 Å². The maximum absolute atomic E-state index is 13.1. The van der Waals surface area contributed by atoms with Gasteiger partial charge in [0, 0.05) is 74.9 Å². The van der Waals surface area contributed by atoms with E-state index in [2.05, 4.69) is 41.1 Å². The Balaban J connectivity index is 0.893. The average Bonchev–Trinajstić information content (AvgIpc) is 3.76. The van der Waals surface area contributed by atoms with Gasteiger partial charge in [-0.3, -0.25) is 34.1 Å². The molecule has 2 fully saturated rings. The first-order chi connectivity index (χ1) is 26.4. The number of piperazine rings is 1. The van der Waals surface area contributed by atoms with Gasteiger partial charge in [0.15, 0.2) is 5.13 Å². The maximum Gasteiger partial charge on any atom is 0.267 e. The van der Waals surface area contributed by atoms with E-state index in [9.17, 15) is 28.8 Å². The number of hydrogen-bond donors (Lipinski definition) is 4. The molecule has 0 spiro atoms. The lowest BCUT2D eigenvalue weighted by Crippen LogP contribution is -2.52. The highest BCUT2D eigenvalue weighted by Gasteiger charge is 2.40. The van der Waals surface area contributed by atoms with Crippen LogP contribution in [0.25, 0.3) is 0 Å². The molecular formula is C37H37ClN10O6S. The number of amides is 6. The van der Waals surface area contributed by atoms with E-state index in [4.69, 9.17) is 11.6 Å². The number of para-hydroxylation sites is 1. The second-order valence-electron chi connectivity index (χ2n) is 13.3. The minimum absolute atomic E-state index is 0.00862. The van der Waals surface area contributed by atoms with Gasteiger partial charge >= 0.3 is 0 Å². The van der Waals surface area contributed by atoms with Crippen molar-refractivity contribution in [2.75, 3.05) is 47.0 Å². The molecule has 0 aliphatic carbocycles. The van der Waals surface area contributed by atoms with E-state index in [1.807, 2.05) is 19.1 Å². The summed E-state index contributed by atoms with van der Waals surface area (Å²) in [5.41, 5.74) is 2.82. The lowest BCUT2D eigenvalue weighted by Gasteiger charge is -2.35. The van der Waals surface area contributed by atoms with E-state index < -0.39 is 11.9 Å². The van der Waals surface area contributed by atoms with Gasteiger partial charge in [-0.1, -0.05) is 41.1 Å². The Labute approximate surface area is 324 Å². The van der Waals surface area contributed by atoms with Gasteiger partial charge in [0.25, 0.3) is 11.8 Å². The van der Waals surface area contributed by atoms with Gasteiger partial charge in [0.1, 0.15) is 28.4 Å². The molecule has 2 aromatic carbocycles. The third kappa shape index (κ3) is 8.27. The monoisotopic (exact) mass is 784 g/mol. The quantitative estimate of drug-likeness (QED) is 0.169. The largest absolute Gasteiger partial charge is 0.353 e. The zero-order valence-electron chi connectivity index (χ0n) is 30.0. The summed E-state index contributed by atoms with van der Waals surface area (Å²) >= 11 is 7.44. The van der Waals surface area contributed by atoms with Gasteiger partial charge in [-0.05, 0) is 44.0 Å². The van der Waals surface area contributed by atoms with Crippen LogP contribution in [0.3, 0.4) is 0 Å². The lowest BCUT2D eigenvalue weighted by molar-refractivity contribution is -0.137. The van der Waals surface area contributed by atoms with Crippen LogP contribution in [0, 0.1) is 13.8 Å². The number of fused-ring (bicyclic) bond motifs is 1. The number of hydrogen-bond acceptors (Lipinski definition) is 12. The summed E-state index contributed by atoms with van der Waals surface area (Å²) in [5.74, 6) is -0.337. The summed E-state index contributed by atoms with van der Waals surface area (Å²) < 4.78 is 0. The number of rotatable bonds is 10. The van der Waals surface area contributed by atoms with Crippen molar-refractivity contribution in [3.63, 3.8) is 0 Å². The van der Waals surface area contributed by atoms with Crippen LogP contribution in [0.5, 0.6) is 0 Å². The second-order valence-corrected chi connectivity index (χ2v) is 14.8. The Morgan fingerprint density at radius 1 is 0.982 bits per heavy atom. The predicted molar refractivity (Wildman–Crippen MR) is 205 cm³/mol. The number of aryl methyl sites for hydroxylation is 2. The number of aromatic nitrogens is 3. The first kappa shape index (κ1) is 37.4. The minimum Gasteiger partial charge on any atom is -0.353 e. The van der Waals surface area contributed by atoms with Crippen molar-refractivity contribution in [1.82, 2.24) is 30.1 Å². The normalized spacial score (nSPS) is 16.8. The molecule has 2 saturated heterocycles. The summed E-state index contributed by atoms with van der Waals surface area (Å²) in [7, 11) is 0. The van der Waals surface area contributed by atoms with Crippen LogP contribution in [0.4, 0.5) is 28.1 Å². The third-order valence-electron chi connectivity index (χ3n) is 9.63. The molecule has 0 saturated carbocycles. The lowest BCUT2D eigenvalue weighted by atomic mass is 10.0. The van der Waals surface area contributed by atoms with Crippen LogP contribution >= 0.6 is 22.9 Å². The van der Waals surface area contributed by atoms with Crippen LogP contribution in [0.15, 0.2) is 48.7 Å². The Hall–Kier alpha value is -5.94. The highest BCUT2D eigenvalue weighted by Crippen LogP contribution is 2.33. The molecule has 2 aromatic heterocycles. The van der Waals surface area contributed by atoms with Gasteiger partial charge in [-0.25, -0.2) is 15.0 Å². The molecule has 3 aliphatic rings. The van der Waals surface area contributed by atoms with Crippen molar-refractivity contribution in [2.24, 2.45) is 0 Å². The Morgan fingerprint density at radius 3 is 2.53 bits per heavy atom. The predicted octanol–water partition coefficient (Wildman–Crippen LogP) is 4.03. The third-order valence-corrected chi connectivity index (χ3v) is 10.9. The van der Waals surface area contributed by atoms with E-state index in [-0.39, 0.29) is 61.8 Å². The first-order valence-corrected chi connectivity index (χ1v) is 18.9. The molecule has 3 aliphatic heterocycles. The first-order valence-electron chi connectivity index (χ1n) is 17.7. The van der Waals surface area contributed by atoms with Gasteiger partial charge in [0.2, 0.25) is 23.6 Å².